The van der Waals surface area contributed by atoms with Gasteiger partial charge in [-0.3, -0.25) is 4.90 Å². The summed E-state index contributed by atoms with van der Waals surface area (Å²) >= 11 is 0. The van der Waals surface area contributed by atoms with Gasteiger partial charge >= 0.3 is 0 Å². The van der Waals surface area contributed by atoms with Crippen LogP contribution in [0, 0.1) is 0 Å². The smallest absolute Gasteiger partial charge is 0.162 e. The molecule has 1 heterocycles. The molecule has 1 aliphatic rings. The number of hydrogen-bond acceptors (Lipinski definition) is 4. The zero-order chi connectivity index (χ0) is 14.6. The molecule has 1 fully saturated rings. The first-order valence-electron chi connectivity index (χ1n) is 7.29. The summed E-state index contributed by atoms with van der Waals surface area (Å²) in [4.78, 5) is 2.33. The summed E-state index contributed by atoms with van der Waals surface area (Å²) in [5.74, 6) is 0.829. The van der Waals surface area contributed by atoms with E-state index < -0.39 is 0 Å². The summed E-state index contributed by atoms with van der Waals surface area (Å²) in [5.41, 5.74) is 0.835. The molecule has 4 heteroatoms. The van der Waals surface area contributed by atoms with Gasteiger partial charge in [0.2, 0.25) is 0 Å². The molecule has 0 radical (unpaired) electrons. The Morgan fingerprint density at radius 1 is 1.40 bits per heavy atom. The van der Waals surface area contributed by atoms with Crippen molar-refractivity contribution in [2.24, 2.45) is 0 Å². The molecule has 1 atom stereocenters. The highest BCUT2D eigenvalue weighted by atomic mass is 16.5. The van der Waals surface area contributed by atoms with E-state index in [1.54, 1.807) is 13.2 Å². The second-order valence-electron chi connectivity index (χ2n) is 5.67. The van der Waals surface area contributed by atoms with Crippen LogP contribution in [0.1, 0.15) is 32.3 Å². The minimum absolute atomic E-state index is 0.0780. The largest absolute Gasteiger partial charge is 0.504 e. The maximum atomic E-state index is 10.3. The topological polar surface area (TPSA) is 41.9 Å². The Morgan fingerprint density at radius 2 is 2.20 bits per heavy atom. The minimum Gasteiger partial charge on any atom is -0.504 e. The third-order valence-electron chi connectivity index (χ3n) is 4.01. The summed E-state index contributed by atoms with van der Waals surface area (Å²) in [6.07, 6.45) is 2.21. The fraction of sp³-hybridized carbons (Fsp3) is 0.625. The van der Waals surface area contributed by atoms with Crippen LogP contribution in [0.2, 0.25) is 0 Å². The van der Waals surface area contributed by atoms with Gasteiger partial charge < -0.3 is 14.6 Å². The highest BCUT2D eigenvalue weighted by molar-refractivity contribution is 5.45. The van der Waals surface area contributed by atoms with Crippen LogP contribution in [0.4, 0.5) is 0 Å². The Hall–Kier alpha value is -1.26. The first kappa shape index (κ1) is 15.1. The molecule has 4 nitrogen and oxygen atoms in total. The molecule has 0 spiro atoms. The van der Waals surface area contributed by atoms with E-state index in [0.29, 0.717) is 12.4 Å². The lowest BCUT2D eigenvalue weighted by Gasteiger charge is -2.39. The molecule has 0 bridgehead atoms. The fourth-order valence-electron chi connectivity index (χ4n) is 2.82. The van der Waals surface area contributed by atoms with Gasteiger partial charge in [0.25, 0.3) is 0 Å². The van der Waals surface area contributed by atoms with Crippen molar-refractivity contribution in [3.63, 3.8) is 0 Å². The molecule has 0 amide bonds. The van der Waals surface area contributed by atoms with Gasteiger partial charge in [0.05, 0.1) is 12.2 Å². The average molecular weight is 279 g/mol. The van der Waals surface area contributed by atoms with Gasteiger partial charge in [-0.1, -0.05) is 12.1 Å². The van der Waals surface area contributed by atoms with Gasteiger partial charge in [-0.15, -0.1) is 0 Å². The van der Waals surface area contributed by atoms with E-state index in [1.807, 2.05) is 19.1 Å². The van der Waals surface area contributed by atoms with Crippen LogP contribution in [0.5, 0.6) is 11.5 Å². The van der Waals surface area contributed by atoms with Gasteiger partial charge in [-0.25, -0.2) is 0 Å². The van der Waals surface area contributed by atoms with E-state index >= 15 is 0 Å². The number of aromatic hydroxyl groups is 1. The van der Waals surface area contributed by atoms with Crippen molar-refractivity contribution in [1.29, 1.82) is 0 Å². The predicted molar refractivity (Wildman–Crippen MR) is 79.2 cm³/mol. The lowest BCUT2D eigenvalue weighted by atomic mass is 9.94. The quantitative estimate of drug-likeness (QED) is 0.900. The summed E-state index contributed by atoms with van der Waals surface area (Å²) in [5, 5.41) is 10.3. The Labute approximate surface area is 121 Å². The van der Waals surface area contributed by atoms with Crippen molar-refractivity contribution in [3.05, 3.63) is 23.8 Å². The number of phenolic OH excluding ortho intramolecular Hbond substituents is 1. The monoisotopic (exact) mass is 279 g/mol. The number of phenols is 1. The molecule has 1 aromatic carbocycles. The number of likely N-dealkylation sites (tertiary alicyclic amines) is 1. The predicted octanol–water partition coefficient (Wildman–Crippen LogP) is 2.79. The lowest BCUT2D eigenvalue weighted by Crippen LogP contribution is -2.46. The first-order valence-corrected chi connectivity index (χ1v) is 7.29. The lowest BCUT2D eigenvalue weighted by molar-refractivity contribution is -0.0528. The number of piperidine rings is 1. The molecule has 1 aromatic rings. The second-order valence-corrected chi connectivity index (χ2v) is 5.67. The van der Waals surface area contributed by atoms with E-state index in [9.17, 15) is 5.11 Å². The molecule has 0 saturated carbocycles. The highest BCUT2D eigenvalue weighted by Gasteiger charge is 2.30. The number of rotatable bonds is 5. The van der Waals surface area contributed by atoms with E-state index in [0.717, 1.165) is 38.0 Å². The van der Waals surface area contributed by atoms with Gasteiger partial charge in [-0.2, -0.15) is 0 Å². The molecule has 1 N–H and O–H groups in total. The van der Waals surface area contributed by atoms with E-state index in [-0.39, 0.29) is 11.4 Å². The van der Waals surface area contributed by atoms with Crippen LogP contribution in [-0.4, -0.2) is 42.4 Å². The molecule has 2 rings (SSSR count). The first-order chi connectivity index (χ1) is 9.58. The zero-order valence-electron chi connectivity index (χ0n) is 12.7. The molecule has 1 aliphatic heterocycles. The number of nitrogens with zero attached hydrogens (tertiary/aromatic N) is 1. The van der Waals surface area contributed by atoms with Crippen molar-refractivity contribution in [1.82, 2.24) is 4.90 Å². The Balaban J connectivity index is 2.08. The van der Waals surface area contributed by atoms with E-state index in [4.69, 9.17) is 9.47 Å². The molecule has 20 heavy (non-hydrogen) atoms. The molecule has 112 valence electrons. The summed E-state index contributed by atoms with van der Waals surface area (Å²) in [6, 6.07) is 5.69. The van der Waals surface area contributed by atoms with Gasteiger partial charge in [0.15, 0.2) is 11.5 Å². The van der Waals surface area contributed by atoms with Gasteiger partial charge in [0.1, 0.15) is 0 Å². The van der Waals surface area contributed by atoms with E-state index in [1.165, 1.54) is 0 Å². The highest BCUT2D eigenvalue weighted by Crippen LogP contribution is 2.32. The maximum absolute atomic E-state index is 10.3. The molecule has 0 aromatic heterocycles. The normalized spacial score (nSPS) is 23.8. The van der Waals surface area contributed by atoms with Gasteiger partial charge in [-0.05, 0) is 39.3 Å². The van der Waals surface area contributed by atoms with Crippen LogP contribution in [-0.2, 0) is 11.3 Å². The number of benzene rings is 1. The average Bonchev–Trinajstić information content (AvgIpc) is 2.44. The standard InChI is InChI=1S/C16H25NO3/c1-4-20-14-8-5-7-13(15(14)18)11-17-10-6-9-16(2,12-17)19-3/h5,7-8,18H,4,6,9-12H2,1-3H3. The van der Waals surface area contributed by atoms with Crippen molar-refractivity contribution in [2.45, 2.75) is 38.8 Å². The molecule has 1 unspecified atom stereocenters. The van der Waals surface area contributed by atoms with Crippen molar-refractivity contribution < 1.29 is 14.6 Å². The van der Waals surface area contributed by atoms with Crippen LogP contribution in [0.25, 0.3) is 0 Å². The fourth-order valence-corrected chi connectivity index (χ4v) is 2.82. The van der Waals surface area contributed by atoms with Crippen LogP contribution in [0.15, 0.2) is 18.2 Å². The van der Waals surface area contributed by atoms with Crippen LogP contribution < -0.4 is 4.74 Å². The SMILES string of the molecule is CCOc1cccc(CN2CCCC(C)(OC)C2)c1O. The van der Waals surface area contributed by atoms with Crippen molar-refractivity contribution >= 4 is 0 Å². The third kappa shape index (κ3) is 3.44. The Kier molecular flexibility index (Phi) is 4.89. The maximum Gasteiger partial charge on any atom is 0.162 e. The molecular formula is C16H25NO3. The molecule has 1 saturated heterocycles. The number of methoxy groups -OCH3 is 1. The van der Waals surface area contributed by atoms with E-state index in [2.05, 4.69) is 11.8 Å². The Bertz CT molecular complexity index is 449. The number of para-hydroxylation sites is 1. The number of hydrogen-bond donors (Lipinski definition) is 1. The van der Waals surface area contributed by atoms with Crippen LogP contribution >= 0.6 is 0 Å². The second kappa shape index (κ2) is 6.46. The summed E-state index contributed by atoms with van der Waals surface area (Å²) in [6.45, 7) is 7.28. The van der Waals surface area contributed by atoms with Crippen molar-refractivity contribution in [3.8, 4) is 11.5 Å². The molecule has 0 aliphatic carbocycles. The summed E-state index contributed by atoms with van der Waals surface area (Å²) in [7, 11) is 1.77. The molecular weight excluding hydrogens is 254 g/mol. The van der Waals surface area contributed by atoms with Crippen LogP contribution in [0.3, 0.4) is 0 Å². The minimum atomic E-state index is -0.0780. The Morgan fingerprint density at radius 3 is 2.90 bits per heavy atom. The van der Waals surface area contributed by atoms with Gasteiger partial charge in [0, 0.05) is 25.8 Å². The summed E-state index contributed by atoms with van der Waals surface area (Å²) < 4.78 is 11.0. The zero-order valence-corrected chi connectivity index (χ0v) is 12.7. The van der Waals surface area contributed by atoms with Crippen molar-refractivity contribution in [2.75, 3.05) is 26.8 Å². The third-order valence-corrected chi connectivity index (χ3v) is 4.01. The number of ether oxygens (including phenoxy) is 2.